The molecular formula is C17H34O2Si. The monoisotopic (exact) mass is 298 g/mol. The molecule has 0 spiro atoms. The summed E-state index contributed by atoms with van der Waals surface area (Å²) in [5, 5.41) is 0. The second kappa shape index (κ2) is 7.74. The van der Waals surface area contributed by atoms with E-state index in [-0.39, 0.29) is 0 Å². The average Bonchev–Trinajstić information content (AvgIpc) is 2.36. The molecule has 1 aliphatic carbocycles. The number of hydrogen-bond donors (Lipinski definition) is 0. The Bertz CT molecular complexity index is 278. The highest BCUT2D eigenvalue weighted by atomic mass is 28.4. The third-order valence-electron chi connectivity index (χ3n) is 5.30. The second-order valence-corrected chi connectivity index (χ2v) is 12.8. The second-order valence-electron chi connectivity index (χ2n) is 7.42. The van der Waals surface area contributed by atoms with Gasteiger partial charge in [-0.3, -0.25) is 0 Å². The molecule has 0 unspecified atom stereocenters. The summed E-state index contributed by atoms with van der Waals surface area (Å²) in [4.78, 5) is 10.9. The van der Waals surface area contributed by atoms with Crippen LogP contribution < -0.4 is 0 Å². The normalized spacial score (nSPS) is 24.6. The Morgan fingerprint density at radius 2 is 1.50 bits per heavy atom. The van der Waals surface area contributed by atoms with Gasteiger partial charge < -0.3 is 9.22 Å². The van der Waals surface area contributed by atoms with Gasteiger partial charge in [0, 0.05) is 12.5 Å². The van der Waals surface area contributed by atoms with Crippen LogP contribution in [-0.2, 0) is 9.22 Å². The molecular weight excluding hydrogens is 264 g/mol. The van der Waals surface area contributed by atoms with Gasteiger partial charge in [-0.15, -0.1) is 0 Å². The maximum Gasteiger partial charge on any atom is 0.200 e. The Morgan fingerprint density at radius 1 is 1.00 bits per heavy atom. The molecule has 0 aliphatic heterocycles. The van der Waals surface area contributed by atoms with Crippen LogP contribution in [0.3, 0.4) is 0 Å². The van der Waals surface area contributed by atoms with E-state index in [4.69, 9.17) is 4.43 Å². The summed E-state index contributed by atoms with van der Waals surface area (Å²) in [6.45, 7) is 14.0. The Hall–Kier alpha value is -0.153. The summed E-state index contributed by atoms with van der Waals surface area (Å²) in [6, 6.07) is 0. The molecule has 0 aromatic carbocycles. The van der Waals surface area contributed by atoms with Crippen molar-refractivity contribution >= 4 is 14.6 Å². The molecule has 3 heteroatoms. The largest absolute Gasteiger partial charge is 0.413 e. The zero-order valence-corrected chi connectivity index (χ0v) is 15.3. The molecule has 2 nitrogen and oxygen atoms in total. The van der Waals surface area contributed by atoms with Gasteiger partial charge in [0.1, 0.15) is 6.29 Å². The summed E-state index contributed by atoms with van der Waals surface area (Å²) in [5.74, 6) is 0.462. The van der Waals surface area contributed by atoms with Crippen molar-refractivity contribution in [2.75, 3.05) is 0 Å². The minimum absolute atomic E-state index is 0.327. The van der Waals surface area contributed by atoms with Crippen LogP contribution in [0.15, 0.2) is 0 Å². The summed E-state index contributed by atoms with van der Waals surface area (Å²) < 4.78 is 6.91. The molecule has 20 heavy (non-hydrogen) atoms. The van der Waals surface area contributed by atoms with Crippen LogP contribution in [0.2, 0.25) is 16.6 Å². The maximum absolute atomic E-state index is 10.9. The molecule has 1 saturated carbocycles. The number of aldehydes is 1. The van der Waals surface area contributed by atoms with Crippen LogP contribution >= 0.6 is 0 Å². The summed E-state index contributed by atoms with van der Waals surface area (Å²) in [5.41, 5.74) is 1.88. The van der Waals surface area contributed by atoms with Gasteiger partial charge in [-0.2, -0.15) is 0 Å². The lowest BCUT2D eigenvalue weighted by molar-refractivity contribution is -0.109. The van der Waals surface area contributed by atoms with Crippen molar-refractivity contribution in [3.8, 4) is 0 Å². The van der Waals surface area contributed by atoms with E-state index < -0.39 is 8.32 Å². The van der Waals surface area contributed by atoms with E-state index in [2.05, 4.69) is 41.5 Å². The lowest BCUT2D eigenvalue weighted by atomic mass is 9.85. The van der Waals surface area contributed by atoms with Crippen LogP contribution in [0.25, 0.3) is 0 Å². The quantitative estimate of drug-likeness (QED) is 0.469. The molecule has 0 aromatic heterocycles. The van der Waals surface area contributed by atoms with Gasteiger partial charge in [0.15, 0.2) is 0 Å². The van der Waals surface area contributed by atoms with Gasteiger partial charge in [-0.05, 0) is 35.4 Å². The van der Waals surface area contributed by atoms with Gasteiger partial charge in [-0.25, -0.2) is 0 Å². The Kier molecular flexibility index (Phi) is 6.93. The zero-order chi connectivity index (χ0) is 15.3. The van der Waals surface area contributed by atoms with Crippen molar-refractivity contribution < 1.29 is 9.22 Å². The highest BCUT2D eigenvalue weighted by molar-refractivity contribution is 6.77. The number of carbonyl (C=O) groups excluding carboxylic acids is 1. The van der Waals surface area contributed by atoms with E-state index in [1.165, 1.54) is 19.3 Å². The van der Waals surface area contributed by atoms with E-state index in [1.807, 2.05) is 0 Å². The molecule has 0 bridgehead atoms. The van der Waals surface area contributed by atoms with E-state index in [0.717, 1.165) is 12.7 Å². The fourth-order valence-corrected chi connectivity index (χ4v) is 10.0. The lowest BCUT2D eigenvalue weighted by Gasteiger charge is -2.47. The molecule has 0 radical (unpaired) electrons. The van der Waals surface area contributed by atoms with E-state index in [1.54, 1.807) is 0 Å². The first-order valence-corrected chi connectivity index (χ1v) is 10.6. The highest BCUT2D eigenvalue weighted by Crippen LogP contribution is 2.45. The van der Waals surface area contributed by atoms with Gasteiger partial charge in [-0.1, -0.05) is 54.4 Å². The topological polar surface area (TPSA) is 26.3 Å². The van der Waals surface area contributed by atoms with Gasteiger partial charge in [0.05, 0.1) is 0 Å². The minimum atomic E-state index is -1.80. The summed E-state index contributed by atoms with van der Waals surface area (Å²) >= 11 is 0. The molecule has 0 saturated heterocycles. The Labute approximate surface area is 126 Å². The number of carbonyl (C=O) groups is 1. The molecule has 1 rings (SSSR count). The van der Waals surface area contributed by atoms with Gasteiger partial charge >= 0.3 is 0 Å². The standard InChI is InChI=1S/C17H34O2Si/c1-13(2)20(14(3)4,15(5)6)19-17-10-8-7-9-16(17)11-12-18/h12-17H,7-11H2,1-6H3/t16-,17+/m0/s1. The summed E-state index contributed by atoms with van der Waals surface area (Å²) in [7, 11) is -1.80. The van der Waals surface area contributed by atoms with Crippen molar-refractivity contribution in [2.45, 2.75) is 96.4 Å². The smallest absolute Gasteiger partial charge is 0.200 e. The highest BCUT2D eigenvalue weighted by Gasteiger charge is 2.47. The van der Waals surface area contributed by atoms with Gasteiger partial charge in [0.2, 0.25) is 8.32 Å². The van der Waals surface area contributed by atoms with E-state index in [0.29, 0.717) is 35.1 Å². The first-order chi connectivity index (χ1) is 9.36. The van der Waals surface area contributed by atoms with Crippen molar-refractivity contribution in [3.05, 3.63) is 0 Å². The third-order valence-corrected chi connectivity index (χ3v) is 11.4. The molecule has 2 atom stereocenters. The lowest BCUT2D eigenvalue weighted by Crippen LogP contribution is -2.52. The van der Waals surface area contributed by atoms with Crippen molar-refractivity contribution in [2.24, 2.45) is 5.92 Å². The van der Waals surface area contributed by atoms with E-state index in [9.17, 15) is 4.79 Å². The first-order valence-electron chi connectivity index (χ1n) is 8.47. The van der Waals surface area contributed by atoms with Crippen LogP contribution in [0, 0.1) is 5.92 Å². The van der Waals surface area contributed by atoms with Crippen LogP contribution in [0.1, 0.15) is 73.6 Å². The maximum atomic E-state index is 10.9. The first kappa shape index (κ1) is 17.9. The Morgan fingerprint density at radius 3 is 1.95 bits per heavy atom. The zero-order valence-electron chi connectivity index (χ0n) is 14.3. The van der Waals surface area contributed by atoms with E-state index >= 15 is 0 Å². The molecule has 118 valence electrons. The average molecular weight is 299 g/mol. The number of rotatable bonds is 7. The molecule has 0 amide bonds. The molecule has 1 fully saturated rings. The molecule has 1 aliphatic rings. The fourth-order valence-electron chi connectivity index (χ4n) is 4.39. The molecule has 0 aromatic rings. The third kappa shape index (κ3) is 3.73. The SMILES string of the molecule is CC(C)[Si](O[C@@H]1CCCC[C@H]1CC=O)(C(C)C)C(C)C. The van der Waals surface area contributed by atoms with Crippen molar-refractivity contribution in [1.29, 1.82) is 0 Å². The van der Waals surface area contributed by atoms with Crippen LogP contribution in [0.5, 0.6) is 0 Å². The predicted octanol–water partition coefficient (Wildman–Crippen LogP) is 5.33. The van der Waals surface area contributed by atoms with Crippen molar-refractivity contribution in [3.63, 3.8) is 0 Å². The Balaban J connectivity index is 2.94. The number of hydrogen-bond acceptors (Lipinski definition) is 2. The van der Waals surface area contributed by atoms with Crippen molar-refractivity contribution in [1.82, 2.24) is 0 Å². The molecule has 0 heterocycles. The van der Waals surface area contributed by atoms with Gasteiger partial charge in [0.25, 0.3) is 0 Å². The fraction of sp³-hybridized carbons (Fsp3) is 0.941. The summed E-state index contributed by atoms with van der Waals surface area (Å²) in [6.07, 6.45) is 6.95. The van der Waals surface area contributed by atoms with Crippen LogP contribution in [0.4, 0.5) is 0 Å². The molecule has 0 N–H and O–H groups in total. The minimum Gasteiger partial charge on any atom is -0.413 e. The van der Waals surface area contributed by atoms with Crippen LogP contribution in [-0.4, -0.2) is 20.7 Å². The predicted molar refractivity (Wildman–Crippen MR) is 88.6 cm³/mol.